The standard InChI is InChI=1S/C12H14N4O/c1-2-7-14-10(5-1)12-16-15-11(17-12)9-4-3-6-13-8-9/h1-2,5,7,9,13H,3-4,6,8H2. The SMILES string of the molecule is c1ccc(-c2nnc(C3CCCNC3)o2)nc1. The van der Waals surface area contributed by atoms with E-state index in [-0.39, 0.29) is 0 Å². The van der Waals surface area contributed by atoms with Gasteiger partial charge in [0.25, 0.3) is 5.89 Å². The van der Waals surface area contributed by atoms with Crippen molar-refractivity contribution in [2.45, 2.75) is 18.8 Å². The second kappa shape index (κ2) is 4.63. The van der Waals surface area contributed by atoms with Gasteiger partial charge in [-0.25, -0.2) is 0 Å². The van der Waals surface area contributed by atoms with Crippen LogP contribution in [0.15, 0.2) is 28.8 Å². The van der Waals surface area contributed by atoms with Gasteiger partial charge in [-0.2, -0.15) is 0 Å². The van der Waals surface area contributed by atoms with Gasteiger partial charge >= 0.3 is 0 Å². The highest BCUT2D eigenvalue weighted by atomic mass is 16.4. The Labute approximate surface area is 99.3 Å². The molecule has 1 saturated heterocycles. The minimum Gasteiger partial charge on any atom is -0.419 e. The molecule has 0 aliphatic carbocycles. The fourth-order valence-corrected chi connectivity index (χ4v) is 2.05. The molecule has 2 aromatic heterocycles. The Kier molecular flexibility index (Phi) is 2.83. The molecule has 0 spiro atoms. The summed E-state index contributed by atoms with van der Waals surface area (Å²) in [5.74, 6) is 1.57. The Bertz CT molecular complexity index is 476. The quantitative estimate of drug-likeness (QED) is 0.849. The normalized spacial score (nSPS) is 20.4. The van der Waals surface area contributed by atoms with Gasteiger partial charge < -0.3 is 9.73 Å². The number of hydrogen-bond donors (Lipinski definition) is 1. The molecule has 3 heterocycles. The molecule has 1 aliphatic heterocycles. The van der Waals surface area contributed by atoms with Crippen molar-refractivity contribution in [2.75, 3.05) is 13.1 Å². The summed E-state index contributed by atoms with van der Waals surface area (Å²) in [6, 6.07) is 5.65. The lowest BCUT2D eigenvalue weighted by Gasteiger charge is -2.18. The number of hydrogen-bond acceptors (Lipinski definition) is 5. The third kappa shape index (κ3) is 2.19. The van der Waals surface area contributed by atoms with Crippen molar-refractivity contribution in [1.82, 2.24) is 20.5 Å². The first kappa shape index (κ1) is 10.4. The van der Waals surface area contributed by atoms with E-state index >= 15 is 0 Å². The Balaban J connectivity index is 1.83. The highest BCUT2D eigenvalue weighted by Crippen LogP contribution is 2.24. The number of nitrogens with zero attached hydrogens (tertiary/aromatic N) is 3. The smallest absolute Gasteiger partial charge is 0.266 e. The van der Waals surface area contributed by atoms with Crippen LogP contribution in [-0.2, 0) is 0 Å². The van der Waals surface area contributed by atoms with Gasteiger partial charge in [0.2, 0.25) is 5.89 Å². The summed E-state index contributed by atoms with van der Waals surface area (Å²) in [6.07, 6.45) is 3.99. The van der Waals surface area contributed by atoms with Crippen LogP contribution in [0.1, 0.15) is 24.7 Å². The van der Waals surface area contributed by atoms with Crippen LogP contribution in [0.5, 0.6) is 0 Å². The molecular weight excluding hydrogens is 216 g/mol. The fraction of sp³-hybridized carbons (Fsp3) is 0.417. The third-order valence-electron chi connectivity index (χ3n) is 2.97. The topological polar surface area (TPSA) is 63.8 Å². The van der Waals surface area contributed by atoms with Gasteiger partial charge in [0, 0.05) is 18.7 Å². The van der Waals surface area contributed by atoms with Crippen molar-refractivity contribution in [1.29, 1.82) is 0 Å². The second-order valence-corrected chi connectivity index (χ2v) is 4.20. The van der Waals surface area contributed by atoms with Crippen molar-refractivity contribution in [2.24, 2.45) is 0 Å². The highest BCUT2D eigenvalue weighted by molar-refractivity contribution is 5.44. The van der Waals surface area contributed by atoms with Crippen LogP contribution in [0.25, 0.3) is 11.6 Å². The maximum absolute atomic E-state index is 5.68. The van der Waals surface area contributed by atoms with Gasteiger partial charge in [-0.3, -0.25) is 4.98 Å². The van der Waals surface area contributed by atoms with Gasteiger partial charge in [-0.05, 0) is 31.5 Å². The van der Waals surface area contributed by atoms with E-state index in [2.05, 4.69) is 20.5 Å². The van der Waals surface area contributed by atoms with E-state index in [0.29, 0.717) is 11.8 Å². The summed E-state index contributed by atoms with van der Waals surface area (Å²) in [7, 11) is 0. The summed E-state index contributed by atoms with van der Waals surface area (Å²) < 4.78 is 5.68. The predicted molar refractivity (Wildman–Crippen MR) is 62.4 cm³/mol. The van der Waals surface area contributed by atoms with Crippen LogP contribution >= 0.6 is 0 Å². The lowest BCUT2D eigenvalue weighted by Crippen LogP contribution is -2.28. The molecule has 0 amide bonds. The molecule has 1 atom stereocenters. The van der Waals surface area contributed by atoms with E-state index in [1.54, 1.807) is 6.20 Å². The van der Waals surface area contributed by atoms with Crippen LogP contribution in [0.2, 0.25) is 0 Å². The minimum absolute atomic E-state index is 0.341. The minimum atomic E-state index is 0.341. The Morgan fingerprint density at radius 2 is 2.29 bits per heavy atom. The average molecular weight is 230 g/mol. The molecule has 0 radical (unpaired) electrons. The molecule has 0 aromatic carbocycles. The van der Waals surface area contributed by atoms with E-state index in [0.717, 1.165) is 37.5 Å². The first-order valence-corrected chi connectivity index (χ1v) is 5.89. The lowest BCUT2D eigenvalue weighted by atomic mass is 10.00. The predicted octanol–water partition coefficient (Wildman–Crippen LogP) is 1.60. The highest BCUT2D eigenvalue weighted by Gasteiger charge is 2.21. The second-order valence-electron chi connectivity index (χ2n) is 4.20. The Morgan fingerprint density at radius 1 is 1.29 bits per heavy atom. The fourth-order valence-electron chi connectivity index (χ4n) is 2.05. The maximum atomic E-state index is 5.68. The van der Waals surface area contributed by atoms with Crippen LogP contribution < -0.4 is 5.32 Å². The van der Waals surface area contributed by atoms with E-state index < -0.39 is 0 Å². The first-order valence-electron chi connectivity index (χ1n) is 5.89. The number of pyridine rings is 1. The zero-order valence-electron chi connectivity index (χ0n) is 9.47. The molecule has 1 aliphatic rings. The van der Waals surface area contributed by atoms with Crippen LogP contribution in [-0.4, -0.2) is 28.3 Å². The number of aromatic nitrogens is 3. The van der Waals surface area contributed by atoms with Crippen molar-refractivity contribution in [3.63, 3.8) is 0 Å². The Morgan fingerprint density at radius 3 is 3.06 bits per heavy atom. The van der Waals surface area contributed by atoms with Crippen molar-refractivity contribution in [3.05, 3.63) is 30.3 Å². The first-order chi connectivity index (χ1) is 8.43. The molecule has 1 N–H and O–H groups in total. The van der Waals surface area contributed by atoms with Gasteiger partial charge in [-0.1, -0.05) is 6.07 Å². The van der Waals surface area contributed by atoms with Crippen LogP contribution in [0.4, 0.5) is 0 Å². The summed E-state index contributed by atoms with van der Waals surface area (Å²) >= 11 is 0. The molecule has 0 saturated carbocycles. The van der Waals surface area contributed by atoms with Crippen molar-refractivity contribution in [3.8, 4) is 11.6 Å². The molecule has 5 nitrogen and oxygen atoms in total. The zero-order valence-corrected chi connectivity index (χ0v) is 9.47. The largest absolute Gasteiger partial charge is 0.419 e. The van der Waals surface area contributed by atoms with Crippen molar-refractivity contribution >= 4 is 0 Å². The van der Waals surface area contributed by atoms with E-state index in [1.807, 2.05) is 18.2 Å². The van der Waals surface area contributed by atoms with Gasteiger partial charge in [0.05, 0.1) is 0 Å². The average Bonchev–Trinajstić information content (AvgIpc) is 2.90. The zero-order chi connectivity index (χ0) is 11.5. The van der Waals surface area contributed by atoms with Gasteiger partial charge in [0.15, 0.2) is 0 Å². The lowest BCUT2D eigenvalue weighted by molar-refractivity contribution is 0.380. The number of nitrogens with one attached hydrogen (secondary N) is 1. The molecular formula is C12H14N4O. The number of piperidine rings is 1. The van der Waals surface area contributed by atoms with Crippen molar-refractivity contribution < 1.29 is 4.42 Å². The summed E-state index contributed by atoms with van der Waals surface area (Å²) in [6.45, 7) is 2.00. The van der Waals surface area contributed by atoms with Crippen LogP contribution in [0.3, 0.4) is 0 Å². The molecule has 1 unspecified atom stereocenters. The third-order valence-corrected chi connectivity index (χ3v) is 2.97. The maximum Gasteiger partial charge on any atom is 0.266 e. The van der Waals surface area contributed by atoms with Crippen LogP contribution in [0, 0.1) is 0 Å². The molecule has 3 rings (SSSR count). The molecule has 88 valence electrons. The summed E-state index contributed by atoms with van der Waals surface area (Å²) in [5, 5.41) is 11.5. The molecule has 0 bridgehead atoms. The molecule has 2 aromatic rings. The summed E-state index contributed by atoms with van der Waals surface area (Å²) in [5.41, 5.74) is 0.731. The molecule has 1 fully saturated rings. The van der Waals surface area contributed by atoms with Gasteiger partial charge in [0.1, 0.15) is 5.69 Å². The monoisotopic (exact) mass is 230 g/mol. The van der Waals surface area contributed by atoms with Gasteiger partial charge in [-0.15, -0.1) is 10.2 Å². The van der Waals surface area contributed by atoms with E-state index in [4.69, 9.17) is 4.42 Å². The Hall–Kier alpha value is -1.75. The molecule has 17 heavy (non-hydrogen) atoms. The summed E-state index contributed by atoms with van der Waals surface area (Å²) in [4.78, 5) is 4.20. The number of rotatable bonds is 2. The van der Waals surface area contributed by atoms with E-state index in [1.165, 1.54) is 0 Å². The molecule has 5 heteroatoms. The van der Waals surface area contributed by atoms with E-state index in [9.17, 15) is 0 Å².